The monoisotopic (exact) mass is 351 g/mol. The second-order valence-electron chi connectivity index (χ2n) is 4.62. The first-order valence-corrected chi connectivity index (χ1v) is 7.59. The molecule has 1 unspecified atom stereocenters. The van der Waals surface area contributed by atoms with Crippen molar-refractivity contribution in [1.29, 1.82) is 0 Å². The zero-order valence-electron chi connectivity index (χ0n) is 11.3. The van der Waals surface area contributed by atoms with E-state index >= 15 is 0 Å². The summed E-state index contributed by atoms with van der Waals surface area (Å²) in [6.45, 7) is 3.93. The first-order chi connectivity index (χ1) is 9.49. The number of carbonyl (C=O) groups excluding carboxylic acids is 1. The third-order valence-corrected chi connectivity index (χ3v) is 3.97. The Morgan fingerprint density at radius 3 is 2.60 bits per heavy atom. The molecule has 0 radical (unpaired) electrons. The van der Waals surface area contributed by atoms with Gasteiger partial charge in [0.05, 0.1) is 0 Å². The van der Waals surface area contributed by atoms with Crippen LogP contribution in [0.2, 0.25) is 5.02 Å². The number of nitrogens with one attached hydrogen (secondary N) is 1. The van der Waals surface area contributed by atoms with E-state index in [0.29, 0.717) is 10.6 Å². The van der Waals surface area contributed by atoms with Crippen LogP contribution >= 0.6 is 27.5 Å². The van der Waals surface area contributed by atoms with Gasteiger partial charge in [-0.2, -0.15) is 0 Å². The average molecular weight is 353 g/mol. The fraction of sp³-hybridized carbons (Fsp3) is 0.188. The minimum Gasteiger partial charge on any atom is -0.322 e. The molecule has 20 heavy (non-hydrogen) atoms. The van der Waals surface area contributed by atoms with E-state index in [4.69, 9.17) is 11.6 Å². The Balaban J connectivity index is 2.26. The maximum Gasteiger partial charge on any atom is 0.255 e. The zero-order valence-corrected chi connectivity index (χ0v) is 13.6. The van der Waals surface area contributed by atoms with E-state index in [1.54, 1.807) is 12.1 Å². The lowest BCUT2D eigenvalue weighted by Gasteiger charge is -2.13. The summed E-state index contributed by atoms with van der Waals surface area (Å²) in [5.74, 6) is -0.160. The maximum atomic E-state index is 12.3. The molecule has 0 spiro atoms. The van der Waals surface area contributed by atoms with Crippen LogP contribution in [0.4, 0.5) is 5.69 Å². The lowest BCUT2D eigenvalue weighted by atomic mass is 10.1. The number of hydrogen-bond donors (Lipinski definition) is 1. The smallest absolute Gasteiger partial charge is 0.255 e. The van der Waals surface area contributed by atoms with Crippen molar-refractivity contribution >= 4 is 39.1 Å². The van der Waals surface area contributed by atoms with Crippen LogP contribution in [0.25, 0.3) is 0 Å². The van der Waals surface area contributed by atoms with Crippen molar-refractivity contribution in [2.75, 3.05) is 5.32 Å². The summed E-state index contributed by atoms with van der Waals surface area (Å²) in [4.78, 5) is 12.4. The summed E-state index contributed by atoms with van der Waals surface area (Å²) >= 11 is 9.58. The van der Waals surface area contributed by atoms with Gasteiger partial charge in [0.15, 0.2) is 0 Å². The van der Waals surface area contributed by atoms with Crippen molar-refractivity contribution < 1.29 is 4.79 Å². The number of anilines is 1. The van der Waals surface area contributed by atoms with Crippen molar-refractivity contribution in [3.8, 4) is 0 Å². The molecule has 0 aliphatic carbocycles. The summed E-state index contributed by atoms with van der Waals surface area (Å²) in [5.41, 5.74) is 3.35. The van der Waals surface area contributed by atoms with Gasteiger partial charge in [-0.3, -0.25) is 4.79 Å². The Hall–Kier alpha value is -1.32. The third-order valence-electron chi connectivity index (χ3n) is 3.07. The number of carbonyl (C=O) groups is 1. The second kappa shape index (κ2) is 6.42. The van der Waals surface area contributed by atoms with Crippen LogP contribution in [-0.4, -0.2) is 5.91 Å². The normalized spacial score (nSPS) is 12.0. The average Bonchev–Trinajstić information content (AvgIpc) is 2.42. The first-order valence-electron chi connectivity index (χ1n) is 6.29. The standard InChI is InChI=1S/C16H15BrClNO/c1-10-7-8-12(9-14(10)18)16(20)19-15-6-4-3-5-13(15)11(2)17/h3-9,11H,1-2H3,(H,19,20). The summed E-state index contributed by atoms with van der Waals surface area (Å²) in [6.07, 6.45) is 0. The number of aryl methyl sites for hydroxylation is 1. The Labute approximate surface area is 132 Å². The molecule has 2 nitrogen and oxygen atoms in total. The molecule has 1 atom stereocenters. The lowest BCUT2D eigenvalue weighted by molar-refractivity contribution is 0.102. The predicted octanol–water partition coefficient (Wildman–Crippen LogP) is 5.36. The number of alkyl halides is 1. The highest BCUT2D eigenvalue weighted by atomic mass is 79.9. The molecular weight excluding hydrogens is 338 g/mol. The van der Waals surface area contributed by atoms with Gasteiger partial charge in [-0.1, -0.05) is 51.8 Å². The van der Waals surface area contributed by atoms with Crippen LogP contribution in [0.1, 0.15) is 33.2 Å². The third kappa shape index (κ3) is 3.41. The van der Waals surface area contributed by atoms with E-state index in [1.807, 2.05) is 44.2 Å². The molecule has 104 valence electrons. The minimum absolute atomic E-state index is 0.160. The van der Waals surface area contributed by atoms with Gasteiger partial charge in [0.1, 0.15) is 0 Å². The largest absolute Gasteiger partial charge is 0.322 e. The maximum absolute atomic E-state index is 12.3. The summed E-state index contributed by atoms with van der Waals surface area (Å²) < 4.78 is 0. The minimum atomic E-state index is -0.160. The number of halogens is 2. The molecule has 1 amide bonds. The van der Waals surface area contributed by atoms with Crippen LogP contribution in [0, 0.1) is 6.92 Å². The van der Waals surface area contributed by atoms with Crippen LogP contribution in [0.3, 0.4) is 0 Å². The fourth-order valence-corrected chi connectivity index (χ4v) is 2.47. The molecule has 1 N–H and O–H groups in total. The lowest BCUT2D eigenvalue weighted by Crippen LogP contribution is -2.13. The molecule has 0 aliphatic rings. The van der Waals surface area contributed by atoms with E-state index in [-0.39, 0.29) is 10.7 Å². The highest BCUT2D eigenvalue weighted by Crippen LogP contribution is 2.29. The van der Waals surface area contributed by atoms with Crippen LogP contribution < -0.4 is 5.32 Å². The van der Waals surface area contributed by atoms with Crippen molar-refractivity contribution in [2.24, 2.45) is 0 Å². The van der Waals surface area contributed by atoms with Crippen molar-refractivity contribution in [3.05, 3.63) is 64.2 Å². The van der Waals surface area contributed by atoms with Gasteiger partial charge in [-0.15, -0.1) is 0 Å². The van der Waals surface area contributed by atoms with Gasteiger partial charge in [0.2, 0.25) is 0 Å². The first kappa shape index (κ1) is 15.1. The van der Waals surface area contributed by atoms with Crippen LogP contribution in [0.5, 0.6) is 0 Å². The number of amides is 1. The molecule has 0 heterocycles. The van der Waals surface area contributed by atoms with Gasteiger partial charge in [0.25, 0.3) is 5.91 Å². The van der Waals surface area contributed by atoms with E-state index in [0.717, 1.165) is 16.8 Å². The van der Waals surface area contributed by atoms with Crippen molar-refractivity contribution in [3.63, 3.8) is 0 Å². The molecule has 0 fully saturated rings. The van der Waals surface area contributed by atoms with Gasteiger partial charge in [-0.25, -0.2) is 0 Å². The summed E-state index contributed by atoms with van der Waals surface area (Å²) in [6, 6.07) is 13.0. The highest BCUT2D eigenvalue weighted by Gasteiger charge is 2.12. The number of benzene rings is 2. The van der Waals surface area contributed by atoms with Gasteiger partial charge in [0, 0.05) is 21.1 Å². The van der Waals surface area contributed by atoms with E-state index in [1.165, 1.54) is 0 Å². The Morgan fingerprint density at radius 2 is 1.95 bits per heavy atom. The van der Waals surface area contributed by atoms with E-state index < -0.39 is 0 Å². The van der Waals surface area contributed by atoms with Crippen molar-refractivity contribution in [1.82, 2.24) is 0 Å². The molecule has 0 aromatic heterocycles. The Kier molecular flexibility index (Phi) is 4.84. The van der Waals surface area contributed by atoms with Gasteiger partial charge < -0.3 is 5.32 Å². The zero-order chi connectivity index (χ0) is 14.7. The topological polar surface area (TPSA) is 29.1 Å². The predicted molar refractivity (Wildman–Crippen MR) is 87.9 cm³/mol. The van der Waals surface area contributed by atoms with Gasteiger partial charge >= 0.3 is 0 Å². The van der Waals surface area contributed by atoms with E-state index in [2.05, 4.69) is 21.2 Å². The van der Waals surface area contributed by atoms with Crippen LogP contribution in [-0.2, 0) is 0 Å². The molecule has 0 saturated heterocycles. The molecule has 4 heteroatoms. The number of hydrogen-bond acceptors (Lipinski definition) is 1. The molecule has 2 aromatic carbocycles. The Bertz CT molecular complexity index is 640. The Morgan fingerprint density at radius 1 is 1.25 bits per heavy atom. The highest BCUT2D eigenvalue weighted by molar-refractivity contribution is 9.09. The second-order valence-corrected chi connectivity index (χ2v) is 6.40. The molecule has 0 aliphatic heterocycles. The fourth-order valence-electron chi connectivity index (χ4n) is 1.89. The van der Waals surface area contributed by atoms with E-state index in [9.17, 15) is 4.79 Å². The molecule has 0 bridgehead atoms. The summed E-state index contributed by atoms with van der Waals surface area (Å²) in [7, 11) is 0. The quantitative estimate of drug-likeness (QED) is 0.741. The van der Waals surface area contributed by atoms with Crippen LogP contribution in [0.15, 0.2) is 42.5 Å². The molecule has 2 rings (SSSR count). The number of rotatable bonds is 3. The van der Waals surface area contributed by atoms with Gasteiger partial charge in [-0.05, 0) is 43.2 Å². The number of para-hydroxylation sites is 1. The SMILES string of the molecule is Cc1ccc(C(=O)Nc2ccccc2C(C)Br)cc1Cl. The molecular formula is C16H15BrClNO. The summed E-state index contributed by atoms with van der Waals surface area (Å²) in [5, 5.41) is 3.52. The molecule has 2 aromatic rings. The van der Waals surface area contributed by atoms with Crippen molar-refractivity contribution in [2.45, 2.75) is 18.7 Å². The molecule has 0 saturated carbocycles.